The van der Waals surface area contributed by atoms with E-state index >= 15 is 0 Å². The predicted octanol–water partition coefficient (Wildman–Crippen LogP) is 4.03. The van der Waals surface area contributed by atoms with E-state index < -0.39 is 0 Å². The first-order chi connectivity index (χ1) is 16.6. The molecule has 0 aliphatic heterocycles. The molecule has 6 rings (SSSR count). The average Bonchev–Trinajstić information content (AvgIpc) is 3.76. The van der Waals surface area contributed by atoms with Crippen LogP contribution in [-0.2, 0) is 28.9 Å². The van der Waals surface area contributed by atoms with Gasteiger partial charge in [-0.1, -0.05) is 6.07 Å². The highest BCUT2D eigenvalue weighted by Gasteiger charge is 2.35. The maximum absolute atomic E-state index is 13.3. The van der Waals surface area contributed by atoms with Gasteiger partial charge in [0.1, 0.15) is 5.78 Å². The minimum absolute atomic E-state index is 0.0366. The van der Waals surface area contributed by atoms with Crippen LogP contribution in [0.25, 0.3) is 10.9 Å². The Morgan fingerprint density at radius 3 is 2.74 bits per heavy atom. The number of amides is 2. The van der Waals surface area contributed by atoms with E-state index in [9.17, 15) is 14.4 Å². The van der Waals surface area contributed by atoms with Gasteiger partial charge in [0.05, 0.1) is 23.0 Å². The zero-order valence-electron chi connectivity index (χ0n) is 19.0. The molecule has 0 radical (unpaired) electrons. The molecule has 8 heteroatoms. The van der Waals surface area contributed by atoms with Crippen LogP contribution in [0.5, 0.6) is 0 Å². The van der Waals surface area contributed by atoms with E-state index in [1.54, 1.807) is 17.5 Å². The topological polar surface area (TPSA) is 104 Å². The summed E-state index contributed by atoms with van der Waals surface area (Å²) in [4.78, 5) is 41.1. The van der Waals surface area contributed by atoms with Crippen molar-refractivity contribution in [3.05, 3.63) is 45.3 Å². The number of benzene rings is 1. The van der Waals surface area contributed by atoms with Crippen molar-refractivity contribution in [1.29, 1.82) is 0 Å². The summed E-state index contributed by atoms with van der Waals surface area (Å²) in [6, 6.07) is 5.69. The molecule has 2 heterocycles. The Morgan fingerprint density at radius 1 is 1.09 bits per heavy atom. The summed E-state index contributed by atoms with van der Waals surface area (Å²) in [6.07, 6.45) is 8.36. The third-order valence-electron chi connectivity index (χ3n) is 7.29. The van der Waals surface area contributed by atoms with Gasteiger partial charge in [0.2, 0.25) is 5.91 Å². The number of H-pyrrole nitrogens is 1. The Morgan fingerprint density at radius 2 is 1.94 bits per heavy atom. The number of aryl methyl sites for hydroxylation is 1. The molecular weight excluding hydrogens is 448 g/mol. The highest BCUT2D eigenvalue weighted by atomic mass is 32.1. The van der Waals surface area contributed by atoms with Crippen molar-refractivity contribution in [1.82, 2.24) is 15.5 Å². The molecule has 0 spiro atoms. The number of hydrogen-bond donors (Lipinski definition) is 3. The number of nitrogens with one attached hydrogen (secondary N) is 3. The molecule has 2 aromatic heterocycles. The van der Waals surface area contributed by atoms with E-state index in [1.165, 1.54) is 12.8 Å². The summed E-state index contributed by atoms with van der Waals surface area (Å²) < 4.78 is 0. The number of aromatic amines is 1. The van der Waals surface area contributed by atoms with Gasteiger partial charge in [-0.3, -0.25) is 19.5 Å². The molecule has 0 saturated heterocycles. The number of Topliss-reactive ketones (excluding diaryl/α,β-unsaturated/α-hetero) is 1. The van der Waals surface area contributed by atoms with Gasteiger partial charge in [-0.25, -0.2) is 0 Å². The van der Waals surface area contributed by atoms with Crippen LogP contribution in [0.4, 0.5) is 5.69 Å². The van der Waals surface area contributed by atoms with Gasteiger partial charge >= 0.3 is 0 Å². The van der Waals surface area contributed by atoms with E-state index in [-0.39, 0.29) is 29.4 Å². The maximum Gasteiger partial charge on any atom is 0.252 e. The summed E-state index contributed by atoms with van der Waals surface area (Å²) in [7, 11) is 0. The van der Waals surface area contributed by atoms with Gasteiger partial charge in [0.25, 0.3) is 5.91 Å². The van der Waals surface area contributed by atoms with Crippen molar-refractivity contribution >= 4 is 45.5 Å². The van der Waals surface area contributed by atoms with Crippen molar-refractivity contribution < 1.29 is 14.4 Å². The molecule has 1 aromatic carbocycles. The molecule has 2 fully saturated rings. The molecule has 0 bridgehead atoms. The van der Waals surface area contributed by atoms with Crippen molar-refractivity contribution in [2.45, 2.75) is 51.4 Å². The zero-order chi connectivity index (χ0) is 23.2. The fourth-order valence-corrected chi connectivity index (χ4v) is 6.28. The molecule has 2 saturated carbocycles. The van der Waals surface area contributed by atoms with E-state index in [2.05, 4.69) is 20.8 Å². The first-order valence-electron chi connectivity index (χ1n) is 12.2. The van der Waals surface area contributed by atoms with Gasteiger partial charge in [0, 0.05) is 39.9 Å². The van der Waals surface area contributed by atoms with Crippen molar-refractivity contribution in [3.8, 4) is 0 Å². The second-order valence-corrected chi connectivity index (χ2v) is 11.1. The predicted molar refractivity (Wildman–Crippen MR) is 131 cm³/mol. The van der Waals surface area contributed by atoms with E-state index in [0.717, 1.165) is 57.6 Å². The normalized spacial score (nSPS) is 19.6. The molecular formula is C26H28N4O3S. The van der Waals surface area contributed by atoms with E-state index in [1.807, 2.05) is 18.2 Å². The third kappa shape index (κ3) is 4.27. The molecule has 3 aliphatic rings. The Kier molecular flexibility index (Phi) is 5.48. The van der Waals surface area contributed by atoms with Gasteiger partial charge in [-0.15, -0.1) is 11.3 Å². The molecule has 3 aliphatic carbocycles. The smallest absolute Gasteiger partial charge is 0.252 e. The van der Waals surface area contributed by atoms with Crippen LogP contribution in [0.15, 0.2) is 24.4 Å². The Hall–Kier alpha value is -3.00. The van der Waals surface area contributed by atoms with Gasteiger partial charge in [-0.05, 0) is 68.6 Å². The molecule has 2 amide bonds. The molecule has 7 nitrogen and oxygen atoms in total. The SMILES string of the molecule is O=C(NCC1CC1)c1c(CC(=O)C2CC2)sc2c1CC(C(=O)Nc1cccc3[nH]ncc13)CC2. The lowest BCUT2D eigenvalue weighted by Gasteiger charge is -2.22. The summed E-state index contributed by atoms with van der Waals surface area (Å²) in [6.45, 7) is 0.693. The Labute approximate surface area is 201 Å². The number of anilines is 1. The number of aromatic nitrogens is 2. The minimum atomic E-state index is -0.216. The van der Waals surface area contributed by atoms with Crippen LogP contribution >= 0.6 is 11.3 Å². The summed E-state index contributed by atoms with van der Waals surface area (Å²) in [5.41, 5.74) is 3.26. The quantitative estimate of drug-likeness (QED) is 0.457. The number of ketones is 1. The molecule has 34 heavy (non-hydrogen) atoms. The Bertz CT molecular complexity index is 1280. The number of hydrogen-bond acceptors (Lipinski definition) is 5. The minimum Gasteiger partial charge on any atom is -0.352 e. The highest BCUT2D eigenvalue weighted by molar-refractivity contribution is 7.12. The Balaban J connectivity index is 1.24. The average molecular weight is 477 g/mol. The summed E-state index contributed by atoms with van der Waals surface area (Å²) in [5, 5.41) is 14.1. The monoisotopic (exact) mass is 476 g/mol. The second kappa shape index (κ2) is 8.65. The molecule has 3 N–H and O–H groups in total. The largest absolute Gasteiger partial charge is 0.352 e. The first kappa shape index (κ1) is 21.5. The number of rotatable bonds is 8. The highest BCUT2D eigenvalue weighted by Crippen LogP contribution is 2.39. The van der Waals surface area contributed by atoms with E-state index in [4.69, 9.17) is 0 Å². The molecule has 1 unspecified atom stereocenters. The fourth-order valence-electron chi connectivity index (χ4n) is 4.92. The van der Waals surface area contributed by atoms with Crippen LogP contribution in [0, 0.1) is 17.8 Å². The van der Waals surface area contributed by atoms with Crippen molar-refractivity contribution in [2.75, 3.05) is 11.9 Å². The number of nitrogens with zero attached hydrogens (tertiary/aromatic N) is 1. The number of thiophene rings is 1. The molecule has 3 aromatic rings. The lowest BCUT2D eigenvalue weighted by atomic mass is 9.85. The third-order valence-corrected chi connectivity index (χ3v) is 8.58. The first-order valence-corrected chi connectivity index (χ1v) is 13.1. The van der Waals surface area contributed by atoms with E-state index in [0.29, 0.717) is 30.9 Å². The number of carbonyl (C=O) groups excluding carboxylic acids is 3. The number of fused-ring (bicyclic) bond motifs is 2. The van der Waals surface area contributed by atoms with Crippen LogP contribution in [0.1, 0.15) is 57.8 Å². The maximum atomic E-state index is 13.3. The summed E-state index contributed by atoms with van der Waals surface area (Å²) >= 11 is 1.61. The molecule has 1 atom stereocenters. The van der Waals surface area contributed by atoms with Crippen molar-refractivity contribution in [3.63, 3.8) is 0 Å². The zero-order valence-corrected chi connectivity index (χ0v) is 19.8. The van der Waals surface area contributed by atoms with Crippen LogP contribution in [0.2, 0.25) is 0 Å². The lowest BCUT2D eigenvalue weighted by molar-refractivity contribution is -0.120. The summed E-state index contributed by atoms with van der Waals surface area (Å²) in [5.74, 6) is 0.672. The van der Waals surface area contributed by atoms with Gasteiger partial charge < -0.3 is 10.6 Å². The lowest BCUT2D eigenvalue weighted by Crippen LogP contribution is -2.31. The van der Waals surface area contributed by atoms with Crippen LogP contribution in [0.3, 0.4) is 0 Å². The van der Waals surface area contributed by atoms with Gasteiger partial charge in [-0.2, -0.15) is 5.10 Å². The standard InChI is InChI=1S/C26H28N4O3S/c31-21(15-6-7-15)11-23-24(26(33)27-12-14-4-5-14)17-10-16(8-9-22(17)34-23)25(32)29-19-2-1-3-20-18(19)13-28-30-20/h1-3,13-16H,4-12H2,(H,27,33)(H,28,30)(H,29,32). The van der Waals surface area contributed by atoms with Crippen molar-refractivity contribution in [2.24, 2.45) is 17.8 Å². The van der Waals surface area contributed by atoms with Gasteiger partial charge in [0.15, 0.2) is 0 Å². The van der Waals surface area contributed by atoms with Crippen LogP contribution < -0.4 is 10.6 Å². The fraction of sp³-hybridized carbons (Fsp3) is 0.462. The second-order valence-electron chi connectivity index (χ2n) is 9.94. The molecule has 176 valence electrons. The van der Waals surface area contributed by atoms with Crippen LogP contribution in [-0.4, -0.2) is 34.3 Å². The number of carbonyl (C=O) groups is 3.